The van der Waals surface area contributed by atoms with E-state index in [0.717, 1.165) is 13.0 Å². The maximum absolute atomic E-state index is 11.2. The molecule has 1 N–H and O–H groups in total. The van der Waals surface area contributed by atoms with Gasteiger partial charge in [-0.25, -0.2) is 0 Å². The molecule has 0 aliphatic carbocycles. The first-order valence-electron chi connectivity index (χ1n) is 4.14. The zero-order valence-electron chi connectivity index (χ0n) is 7.83. The lowest BCUT2D eigenvalue weighted by molar-refractivity contribution is -0.145. The van der Waals surface area contributed by atoms with Crippen LogP contribution in [-0.2, 0) is 9.53 Å². The van der Waals surface area contributed by atoms with Crippen LogP contribution in [-0.4, -0.2) is 50.7 Å². The third-order valence-electron chi connectivity index (χ3n) is 2.43. The van der Waals surface area contributed by atoms with Crippen LogP contribution in [0.1, 0.15) is 6.42 Å². The first-order valence-corrected chi connectivity index (χ1v) is 4.14. The van der Waals surface area contributed by atoms with Gasteiger partial charge in [0.05, 0.1) is 7.11 Å². The van der Waals surface area contributed by atoms with E-state index in [-0.39, 0.29) is 12.0 Å². The van der Waals surface area contributed by atoms with E-state index in [0.29, 0.717) is 6.04 Å². The predicted octanol–water partition coefficient (Wildman–Crippen LogP) is -0.548. The van der Waals surface area contributed by atoms with E-state index in [9.17, 15) is 4.79 Å². The minimum Gasteiger partial charge on any atom is -0.468 e. The van der Waals surface area contributed by atoms with E-state index in [1.54, 1.807) is 0 Å². The van der Waals surface area contributed by atoms with E-state index in [2.05, 4.69) is 10.1 Å². The minimum atomic E-state index is -0.129. The number of hydrogen-bond donors (Lipinski definition) is 1. The first kappa shape index (κ1) is 9.48. The van der Waals surface area contributed by atoms with Crippen molar-refractivity contribution >= 4 is 5.97 Å². The number of rotatable bonds is 2. The van der Waals surface area contributed by atoms with Gasteiger partial charge >= 0.3 is 5.97 Å². The quantitative estimate of drug-likeness (QED) is 0.568. The lowest BCUT2D eigenvalue weighted by atomic mass is 10.2. The Hall–Kier alpha value is -0.610. The molecule has 1 heterocycles. The van der Waals surface area contributed by atoms with Gasteiger partial charge in [0.1, 0.15) is 6.04 Å². The Morgan fingerprint density at radius 1 is 1.67 bits per heavy atom. The highest BCUT2D eigenvalue weighted by Crippen LogP contribution is 2.16. The highest BCUT2D eigenvalue weighted by atomic mass is 16.5. The van der Waals surface area contributed by atoms with Crippen LogP contribution in [0.2, 0.25) is 0 Å². The minimum absolute atomic E-state index is 0.0625. The smallest absolute Gasteiger partial charge is 0.323 e. The average molecular weight is 172 g/mol. The van der Waals surface area contributed by atoms with Crippen molar-refractivity contribution in [1.29, 1.82) is 0 Å². The number of likely N-dealkylation sites (tertiary alicyclic amines) is 1. The summed E-state index contributed by atoms with van der Waals surface area (Å²) in [6.07, 6.45) is 0.847. The second kappa shape index (κ2) is 3.87. The van der Waals surface area contributed by atoms with Gasteiger partial charge in [-0.15, -0.1) is 0 Å². The molecule has 1 fully saturated rings. The molecule has 70 valence electrons. The fraction of sp³-hybridized carbons (Fsp3) is 0.875. The van der Waals surface area contributed by atoms with Crippen molar-refractivity contribution in [2.45, 2.75) is 18.5 Å². The maximum Gasteiger partial charge on any atom is 0.323 e. The number of carbonyl (C=O) groups excluding carboxylic acids is 1. The van der Waals surface area contributed by atoms with Crippen molar-refractivity contribution in [3.8, 4) is 0 Å². The fourth-order valence-electron chi connectivity index (χ4n) is 1.62. The lowest BCUT2D eigenvalue weighted by Gasteiger charge is -2.15. The van der Waals surface area contributed by atoms with Crippen LogP contribution in [0.5, 0.6) is 0 Å². The zero-order chi connectivity index (χ0) is 9.14. The van der Waals surface area contributed by atoms with E-state index < -0.39 is 0 Å². The van der Waals surface area contributed by atoms with Gasteiger partial charge in [0.2, 0.25) is 0 Å². The topological polar surface area (TPSA) is 41.6 Å². The van der Waals surface area contributed by atoms with E-state index in [4.69, 9.17) is 0 Å². The van der Waals surface area contributed by atoms with Gasteiger partial charge < -0.3 is 10.1 Å². The molecular weight excluding hydrogens is 156 g/mol. The van der Waals surface area contributed by atoms with Gasteiger partial charge in [-0.05, 0) is 20.5 Å². The summed E-state index contributed by atoms with van der Waals surface area (Å²) in [5.41, 5.74) is 0. The second-order valence-electron chi connectivity index (χ2n) is 3.20. The Kier molecular flexibility index (Phi) is 3.05. The van der Waals surface area contributed by atoms with Crippen LogP contribution < -0.4 is 5.32 Å². The lowest BCUT2D eigenvalue weighted by Crippen LogP contribution is -2.33. The number of ether oxygens (including phenoxy) is 1. The molecule has 1 aliphatic heterocycles. The molecule has 0 radical (unpaired) electrons. The molecule has 0 aromatic carbocycles. The van der Waals surface area contributed by atoms with E-state index >= 15 is 0 Å². The molecule has 12 heavy (non-hydrogen) atoms. The average Bonchev–Trinajstić information content (AvgIpc) is 2.45. The molecule has 2 atom stereocenters. The molecule has 1 rings (SSSR count). The second-order valence-corrected chi connectivity index (χ2v) is 3.20. The number of likely N-dealkylation sites (N-methyl/N-ethyl adjacent to an activating group) is 2. The van der Waals surface area contributed by atoms with Gasteiger partial charge in [-0.1, -0.05) is 0 Å². The number of esters is 1. The van der Waals surface area contributed by atoms with E-state index in [1.165, 1.54) is 7.11 Å². The van der Waals surface area contributed by atoms with E-state index in [1.807, 2.05) is 19.0 Å². The number of hydrogen-bond acceptors (Lipinski definition) is 4. The molecule has 0 aromatic heterocycles. The molecule has 4 nitrogen and oxygen atoms in total. The summed E-state index contributed by atoms with van der Waals surface area (Å²) in [4.78, 5) is 13.2. The zero-order valence-corrected chi connectivity index (χ0v) is 7.83. The van der Waals surface area contributed by atoms with Crippen LogP contribution in [0.4, 0.5) is 0 Å². The molecular formula is C8H16N2O2. The largest absolute Gasteiger partial charge is 0.468 e. The molecule has 0 bridgehead atoms. The highest BCUT2D eigenvalue weighted by Gasteiger charge is 2.34. The molecule has 0 unspecified atom stereocenters. The van der Waals surface area contributed by atoms with Crippen LogP contribution in [0.15, 0.2) is 0 Å². The summed E-state index contributed by atoms with van der Waals surface area (Å²) in [7, 11) is 5.29. The van der Waals surface area contributed by atoms with Crippen molar-refractivity contribution < 1.29 is 9.53 Å². The Labute approximate surface area is 72.9 Å². The third kappa shape index (κ3) is 1.76. The molecule has 0 saturated carbocycles. The van der Waals surface area contributed by atoms with Crippen molar-refractivity contribution in [3.63, 3.8) is 0 Å². The van der Waals surface area contributed by atoms with Crippen LogP contribution >= 0.6 is 0 Å². The molecule has 1 aliphatic rings. The normalized spacial score (nSPS) is 30.6. The Morgan fingerprint density at radius 2 is 2.33 bits per heavy atom. The van der Waals surface area contributed by atoms with Gasteiger partial charge in [0.25, 0.3) is 0 Å². The molecule has 4 heteroatoms. The van der Waals surface area contributed by atoms with Crippen molar-refractivity contribution in [3.05, 3.63) is 0 Å². The standard InChI is InChI=1S/C8H16N2O2/c1-9-6-4-7(8(11)12-3)10(2)5-6/h6-7,9H,4-5H2,1-3H3/t6-,7+/m1/s1. The SMILES string of the molecule is CN[C@@H]1C[C@@H](C(=O)OC)N(C)C1. The monoisotopic (exact) mass is 172 g/mol. The fourth-order valence-corrected chi connectivity index (χ4v) is 1.62. The Balaban J connectivity index is 2.51. The summed E-state index contributed by atoms with van der Waals surface area (Å²) in [5.74, 6) is -0.129. The maximum atomic E-state index is 11.2. The van der Waals surface area contributed by atoms with Crippen molar-refractivity contribution in [2.75, 3.05) is 27.7 Å². The molecule has 0 aromatic rings. The highest BCUT2D eigenvalue weighted by molar-refractivity contribution is 5.76. The number of nitrogens with one attached hydrogen (secondary N) is 1. The van der Waals surface area contributed by atoms with Gasteiger partial charge in [-0.3, -0.25) is 9.69 Å². The third-order valence-corrected chi connectivity index (χ3v) is 2.43. The number of nitrogens with zero attached hydrogens (tertiary/aromatic N) is 1. The van der Waals surface area contributed by atoms with Crippen LogP contribution in [0.3, 0.4) is 0 Å². The van der Waals surface area contributed by atoms with Crippen molar-refractivity contribution in [1.82, 2.24) is 10.2 Å². The summed E-state index contributed by atoms with van der Waals surface area (Å²) in [5, 5.41) is 3.15. The summed E-state index contributed by atoms with van der Waals surface area (Å²) in [6, 6.07) is 0.353. The predicted molar refractivity (Wildman–Crippen MR) is 45.9 cm³/mol. The van der Waals surface area contributed by atoms with Gasteiger partial charge in [-0.2, -0.15) is 0 Å². The summed E-state index contributed by atoms with van der Waals surface area (Å²) >= 11 is 0. The molecule has 0 spiro atoms. The summed E-state index contributed by atoms with van der Waals surface area (Å²) < 4.78 is 4.69. The Bertz CT molecular complexity index is 172. The number of methoxy groups -OCH3 is 1. The van der Waals surface area contributed by atoms with Gasteiger partial charge in [0.15, 0.2) is 0 Å². The summed E-state index contributed by atoms with van der Waals surface area (Å²) in [6.45, 7) is 0.913. The first-order chi connectivity index (χ1) is 5.69. The van der Waals surface area contributed by atoms with Crippen molar-refractivity contribution in [2.24, 2.45) is 0 Å². The Morgan fingerprint density at radius 3 is 2.75 bits per heavy atom. The number of carbonyl (C=O) groups is 1. The molecule has 1 saturated heterocycles. The molecule has 0 amide bonds. The van der Waals surface area contributed by atoms with Crippen LogP contribution in [0.25, 0.3) is 0 Å². The van der Waals surface area contributed by atoms with Crippen LogP contribution in [0, 0.1) is 0 Å². The van der Waals surface area contributed by atoms with Gasteiger partial charge in [0, 0.05) is 12.6 Å².